The Balaban J connectivity index is 2.03. The minimum atomic E-state index is -0.530. The van der Waals surface area contributed by atoms with Gasteiger partial charge in [-0.05, 0) is 25.8 Å². The van der Waals surface area contributed by atoms with Gasteiger partial charge in [0.05, 0.1) is 11.5 Å². The van der Waals surface area contributed by atoms with E-state index in [9.17, 15) is 19.7 Å². The van der Waals surface area contributed by atoms with E-state index in [0.29, 0.717) is 13.1 Å². The van der Waals surface area contributed by atoms with Gasteiger partial charge in [-0.1, -0.05) is 6.07 Å². The Bertz CT molecular complexity index is 605. The number of likely N-dealkylation sites (tertiary alicyclic amines) is 1. The summed E-state index contributed by atoms with van der Waals surface area (Å²) in [5.41, 5.74) is 0.157. The van der Waals surface area contributed by atoms with Gasteiger partial charge in [0.1, 0.15) is 0 Å². The average molecular weight is 321 g/mol. The maximum atomic E-state index is 12.5. The summed E-state index contributed by atoms with van der Waals surface area (Å²) in [4.78, 5) is 35.8. The monoisotopic (exact) mass is 321 g/mol. The fourth-order valence-electron chi connectivity index (χ4n) is 2.55. The number of ether oxygens (including phenoxy) is 1. The first-order valence-corrected chi connectivity index (χ1v) is 7.48. The number of non-ortho nitro benzene ring substituents is 1. The van der Waals surface area contributed by atoms with E-state index in [1.807, 2.05) is 0 Å². The topological polar surface area (TPSA) is 102 Å². The summed E-state index contributed by atoms with van der Waals surface area (Å²) in [5, 5.41) is 13.5. The number of rotatable bonds is 4. The third kappa shape index (κ3) is 4.41. The van der Waals surface area contributed by atoms with Gasteiger partial charge >= 0.3 is 6.09 Å². The summed E-state index contributed by atoms with van der Waals surface area (Å²) >= 11 is 0. The predicted octanol–water partition coefficient (Wildman–Crippen LogP) is 1.95. The minimum absolute atomic E-state index is 0.117. The molecule has 124 valence electrons. The summed E-state index contributed by atoms with van der Waals surface area (Å²) in [6, 6.07) is 5.48. The van der Waals surface area contributed by atoms with Crippen LogP contribution in [0.4, 0.5) is 10.5 Å². The molecule has 1 aromatic rings. The molecule has 8 heteroatoms. The number of amides is 2. The number of piperidine rings is 1. The van der Waals surface area contributed by atoms with E-state index in [4.69, 9.17) is 4.74 Å². The highest BCUT2D eigenvalue weighted by Crippen LogP contribution is 2.18. The van der Waals surface area contributed by atoms with Gasteiger partial charge in [-0.25, -0.2) is 4.79 Å². The van der Waals surface area contributed by atoms with Crippen molar-refractivity contribution in [2.75, 3.05) is 19.7 Å². The van der Waals surface area contributed by atoms with Gasteiger partial charge < -0.3 is 15.0 Å². The quantitative estimate of drug-likeness (QED) is 0.674. The first-order chi connectivity index (χ1) is 11.0. The zero-order valence-electron chi connectivity index (χ0n) is 12.9. The van der Waals surface area contributed by atoms with Gasteiger partial charge in [-0.2, -0.15) is 0 Å². The molecule has 0 aliphatic carbocycles. The minimum Gasteiger partial charge on any atom is -0.450 e. The molecular formula is C15H19N3O5. The third-order valence-electron chi connectivity index (χ3n) is 3.61. The molecule has 0 radical (unpaired) electrons. The van der Waals surface area contributed by atoms with Crippen LogP contribution in [-0.2, 0) is 4.74 Å². The zero-order valence-corrected chi connectivity index (χ0v) is 12.9. The molecule has 0 spiro atoms. The average Bonchev–Trinajstić information content (AvgIpc) is 2.54. The Morgan fingerprint density at radius 1 is 1.48 bits per heavy atom. The second kappa shape index (κ2) is 7.57. The second-order valence-corrected chi connectivity index (χ2v) is 5.26. The molecule has 0 aromatic heterocycles. The Hall–Kier alpha value is -2.64. The molecule has 23 heavy (non-hydrogen) atoms. The number of benzene rings is 1. The molecular weight excluding hydrogens is 302 g/mol. The molecule has 1 aliphatic rings. The summed E-state index contributed by atoms with van der Waals surface area (Å²) in [6.07, 6.45) is 1.01. The van der Waals surface area contributed by atoms with Crippen molar-refractivity contribution in [1.82, 2.24) is 10.2 Å². The van der Waals surface area contributed by atoms with Crippen LogP contribution in [0, 0.1) is 10.1 Å². The van der Waals surface area contributed by atoms with Crippen molar-refractivity contribution in [3.05, 3.63) is 39.9 Å². The first kappa shape index (κ1) is 16.7. The lowest BCUT2D eigenvalue weighted by molar-refractivity contribution is -0.384. The zero-order chi connectivity index (χ0) is 16.8. The van der Waals surface area contributed by atoms with Crippen LogP contribution in [0.25, 0.3) is 0 Å². The highest BCUT2D eigenvalue weighted by atomic mass is 16.6. The third-order valence-corrected chi connectivity index (χ3v) is 3.61. The summed E-state index contributed by atoms with van der Waals surface area (Å²) in [7, 11) is 0. The van der Waals surface area contributed by atoms with Gasteiger partial charge in [-0.3, -0.25) is 14.9 Å². The van der Waals surface area contributed by atoms with Crippen LogP contribution in [0.1, 0.15) is 30.1 Å². The highest BCUT2D eigenvalue weighted by molar-refractivity contribution is 5.95. The molecule has 1 aliphatic heterocycles. The van der Waals surface area contributed by atoms with Crippen molar-refractivity contribution in [2.45, 2.75) is 25.8 Å². The predicted molar refractivity (Wildman–Crippen MR) is 82.2 cm³/mol. The second-order valence-electron chi connectivity index (χ2n) is 5.26. The Morgan fingerprint density at radius 2 is 2.26 bits per heavy atom. The van der Waals surface area contributed by atoms with Crippen molar-refractivity contribution in [3.63, 3.8) is 0 Å². The van der Waals surface area contributed by atoms with Gasteiger partial charge in [0.25, 0.3) is 11.6 Å². The van der Waals surface area contributed by atoms with Gasteiger partial charge in [0.2, 0.25) is 0 Å². The summed E-state index contributed by atoms with van der Waals surface area (Å²) in [6.45, 7) is 2.93. The number of nitrogens with zero attached hydrogens (tertiary/aromatic N) is 2. The molecule has 0 saturated carbocycles. The summed E-state index contributed by atoms with van der Waals surface area (Å²) < 4.78 is 4.84. The number of alkyl carbamates (subject to hydrolysis) is 1. The molecule has 1 unspecified atom stereocenters. The van der Waals surface area contributed by atoms with E-state index < -0.39 is 11.0 Å². The maximum Gasteiger partial charge on any atom is 0.407 e. The molecule has 1 fully saturated rings. The fourth-order valence-corrected chi connectivity index (χ4v) is 2.55. The molecule has 8 nitrogen and oxygen atoms in total. The van der Waals surface area contributed by atoms with Crippen LogP contribution >= 0.6 is 0 Å². The van der Waals surface area contributed by atoms with Gasteiger partial charge in [0.15, 0.2) is 0 Å². The lowest BCUT2D eigenvalue weighted by Gasteiger charge is -2.33. The Kier molecular flexibility index (Phi) is 5.51. The number of hydrogen-bond acceptors (Lipinski definition) is 5. The van der Waals surface area contributed by atoms with Crippen molar-refractivity contribution in [2.24, 2.45) is 0 Å². The SMILES string of the molecule is CCOC(=O)NC1CCCN(C(=O)c2cccc([N+](=O)[O-])c2)C1. The molecule has 1 aromatic carbocycles. The van der Waals surface area contributed by atoms with Gasteiger partial charge in [0, 0.05) is 36.8 Å². The Morgan fingerprint density at radius 3 is 2.96 bits per heavy atom. The highest BCUT2D eigenvalue weighted by Gasteiger charge is 2.26. The standard InChI is InChI=1S/C15H19N3O5/c1-2-23-15(20)16-12-6-4-8-17(10-12)14(19)11-5-3-7-13(9-11)18(21)22/h3,5,7,9,12H,2,4,6,8,10H2,1H3,(H,16,20). The van der Waals surface area contributed by atoms with E-state index in [2.05, 4.69) is 5.32 Å². The van der Waals surface area contributed by atoms with E-state index in [-0.39, 0.29) is 29.8 Å². The van der Waals surface area contributed by atoms with Crippen molar-refractivity contribution < 1.29 is 19.2 Å². The van der Waals surface area contributed by atoms with Crippen molar-refractivity contribution >= 4 is 17.7 Å². The molecule has 2 rings (SSSR count). The number of nitrogens with one attached hydrogen (secondary N) is 1. The normalized spacial score (nSPS) is 17.4. The van der Waals surface area contributed by atoms with E-state index in [1.54, 1.807) is 17.9 Å². The van der Waals surface area contributed by atoms with Crippen LogP contribution in [0.5, 0.6) is 0 Å². The molecule has 1 atom stereocenters. The number of nitro benzene ring substituents is 1. The van der Waals surface area contributed by atoms with Gasteiger partial charge in [-0.15, -0.1) is 0 Å². The molecule has 1 heterocycles. The van der Waals surface area contributed by atoms with Crippen LogP contribution in [0.2, 0.25) is 0 Å². The number of nitro groups is 1. The Labute approximate surface area is 133 Å². The largest absolute Gasteiger partial charge is 0.450 e. The summed E-state index contributed by atoms with van der Waals surface area (Å²) in [5.74, 6) is -0.274. The van der Waals surface area contributed by atoms with Crippen LogP contribution in [0.15, 0.2) is 24.3 Å². The van der Waals surface area contributed by atoms with E-state index in [0.717, 1.165) is 12.8 Å². The maximum absolute atomic E-state index is 12.5. The van der Waals surface area contributed by atoms with Crippen LogP contribution < -0.4 is 5.32 Å². The van der Waals surface area contributed by atoms with Crippen molar-refractivity contribution in [3.8, 4) is 0 Å². The molecule has 1 saturated heterocycles. The smallest absolute Gasteiger partial charge is 0.407 e. The number of carbonyl (C=O) groups is 2. The van der Waals surface area contributed by atoms with Crippen LogP contribution in [0.3, 0.4) is 0 Å². The molecule has 0 bridgehead atoms. The lowest BCUT2D eigenvalue weighted by Crippen LogP contribution is -2.49. The van der Waals surface area contributed by atoms with E-state index >= 15 is 0 Å². The first-order valence-electron chi connectivity index (χ1n) is 7.48. The molecule has 1 N–H and O–H groups in total. The lowest BCUT2D eigenvalue weighted by atomic mass is 10.0. The fraction of sp³-hybridized carbons (Fsp3) is 0.467. The number of carbonyl (C=O) groups excluding carboxylic acids is 2. The van der Waals surface area contributed by atoms with Crippen molar-refractivity contribution in [1.29, 1.82) is 0 Å². The number of hydrogen-bond donors (Lipinski definition) is 1. The van der Waals surface area contributed by atoms with E-state index in [1.165, 1.54) is 18.2 Å². The molecule has 2 amide bonds. The van der Waals surface area contributed by atoms with Crippen LogP contribution in [-0.4, -0.2) is 47.6 Å².